The van der Waals surface area contributed by atoms with Gasteiger partial charge in [0.05, 0.1) is 0 Å². The van der Waals surface area contributed by atoms with Crippen molar-refractivity contribution in [3.8, 4) is 5.75 Å². The summed E-state index contributed by atoms with van der Waals surface area (Å²) in [7, 11) is 0. The van der Waals surface area contributed by atoms with E-state index < -0.39 is 0 Å². The van der Waals surface area contributed by atoms with Crippen LogP contribution >= 0.6 is 0 Å². The second kappa shape index (κ2) is 2.09. The number of rotatable bonds is 0. The second-order valence-corrected chi connectivity index (χ2v) is 2.32. The van der Waals surface area contributed by atoms with Crippen molar-refractivity contribution in [2.24, 2.45) is 0 Å². The molecule has 1 rings (SSSR count). The minimum atomic E-state index is 0.104. The Bertz CT molecular complexity index is 165. The molecule has 0 heterocycles. The molecule has 0 spiro atoms. The van der Waals surface area contributed by atoms with E-state index in [1.54, 1.807) is 12.1 Å². The lowest BCUT2D eigenvalue weighted by Crippen LogP contribution is -1.73. The van der Waals surface area contributed by atoms with Crippen LogP contribution in [-0.4, -0.2) is 0 Å². The summed E-state index contributed by atoms with van der Waals surface area (Å²) in [6.45, 7) is 3.85. The van der Waals surface area contributed by atoms with E-state index in [9.17, 15) is 5.11 Å². The van der Waals surface area contributed by atoms with Gasteiger partial charge in [-0.05, 0) is 37.1 Å². The maximum Gasteiger partial charge on any atom is 0.179 e. The van der Waals surface area contributed by atoms with Crippen LogP contribution in [0, 0.1) is 13.8 Å². The van der Waals surface area contributed by atoms with Gasteiger partial charge in [0, 0.05) is 0 Å². The van der Waals surface area contributed by atoms with Gasteiger partial charge in [0.2, 0.25) is 0 Å². The van der Waals surface area contributed by atoms with Gasteiger partial charge in [-0.15, -0.1) is 0 Å². The molecule has 0 aliphatic heterocycles. The maximum absolute atomic E-state index is 10.7. The summed E-state index contributed by atoms with van der Waals surface area (Å²) in [6, 6.07) is 5.25. The molecule has 0 saturated carbocycles. The van der Waals surface area contributed by atoms with Crippen LogP contribution in [0.15, 0.2) is 18.2 Å². The van der Waals surface area contributed by atoms with Crippen LogP contribution < -0.4 is 0 Å². The highest BCUT2D eigenvalue weighted by Crippen LogP contribution is 2.13. The molecule has 9 heavy (non-hydrogen) atoms. The van der Waals surface area contributed by atoms with Gasteiger partial charge in [0.15, 0.2) is 5.75 Å². The molecule has 0 unspecified atom stereocenters. The number of aryl methyl sites for hydroxylation is 2. The van der Waals surface area contributed by atoms with Crippen LogP contribution in [0.25, 0.3) is 0 Å². The first-order chi connectivity index (χ1) is 4.18. The van der Waals surface area contributed by atoms with Gasteiger partial charge < -0.3 is 0 Å². The van der Waals surface area contributed by atoms with Crippen LogP contribution in [0.3, 0.4) is 0 Å². The van der Waals surface area contributed by atoms with Crippen LogP contribution in [0.4, 0.5) is 0 Å². The zero-order chi connectivity index (χ0) is 6.85. The molecule has 1 radical (unpaired) electrons. The smallest absolute Gasteiger partial charge is 0.179 e. The zero-order valence-corrected chi connectivity index (χ0v) is 5.64. The lowest BCUT2D eigenvalue weighted by molar-refractivity contribution is 0.354. The number of hydrogen-bond donors (Lipinski definition) is 0. The van der Waals surface area contributed by atoms with Gasteiger partial charge in [-0.3, -0.25) is 5.11 Å². The van der Waals surface area contributed by atoms with Crippen molar-refractivity contribution in [2.45, 2.75) is 13.8 Å². The molecular weight excluding hydrogens is 112 g/mol. The number of benzene rings is 1. The van der Waals surface area contributed by atoms with Gasteiger partial charge in [-0.1, -0.05) is 6.07 Å². The minimum absolute atomic E-state index is 0.104. The van der Waals surface area contributed by atoms with E-state index in [-0.39, 0.29) is 5.75 Å². The fourth-order valence-corrected chi connectivity index (χ4v) is 0.933. The summed E-state index contributed by atoms with van der Waals surface area (Å²) in [5.41, 5.74) is 2.08. The Kier molecular flexibility index (Phi) is 1.43. The number of hydrogen-bond acceptors (Lipinski definition) is 0. The molecule has 1 aromatic carbocycles. The van der Waals surface area contributed by atoms with Crippen LogP contribution in [-0.2, 0) is 5.11 Å². The zero-order valence-electron chi connectivity index (χ0n) is 5.64. The third kappa shape index (κ3) is 1.46. The largest absolute Gasteiger partial charge is 0.290 e. The Balaban J connectivity index is 3.17. The maximum atomic E-state index is 10.7. The van der Waals surface area contributed by atoms with Crippen molar-refractivity contribution in [3.05, 3.63) is 29.3 Å². The molecule has 0 aliphatic carbocycles. The fraction of sp³-hybridized carbons (Fsp3) is 0.250. The molecule has 0 fully saturated rings. The molecule has 0 saturated heterocycles. The Hall–Kier alpha value is -0.980. The molecule has 0 bridgehead atoms. The van der Waals surface area contributed by atoms with E-state index >= 15 is 0 Å². The summed E-state index contributed by atoms with van der Waals surface area (Å²) in [5, 5.41) is 10.7. The van der Waals surface area contributed by atoms with Gasteiger partial charge in [-0.25, -0.2) is 0 Å². The average molecular weight is 121 g/mol. The van der Waals surface area contributed by atoms with Gasteiger partial charge in [0.25, 0.3) is 0 Å². The first kappa shape index (κ1) is 6.14. The first-order valence-electron chi connectivity index (χ1n) is 2.94. The summed E-state index contributed by atoms with van der Waals surface area (Å²) in [6.07, 6.45) is 0. The van der Waals surface area contributed by atoms with Crippen LogP contribution in [0.2, 0.25) is 0 Å². The first-order valence-corrected chi connectivity index (χ1v) is 2.94. The van der Waals surface area contributed by atoms with Crippen molar-refractivity contribution in [3.63, 3.8) is 0 Å². The Morgan fingerprint density at radius 1 is 1.00 bits per heavy atom. The second-order valence-electron chi connectivity index (χ2n) is 2.32. The molecule has 47 valence electrons. The summed E-state index contributed by atoms with van der Waals surface area (Å²) < 4.78 is 0. The molecule has 1 heteroatoms. The Labute approximate surface area is 55.0 Å². The topological polar surface area (TPSA) is 19.9 Å². The summed E-state index contributed by atoms with van der Waals surface area (Å²) in [4.78, 5) is 0. The SMILES string of the molecule is Cc1cc(C)cc([O])c1. The van der Waals surface area contributed by atoms with E-state index in [4.69, 9.17) is 0 Å². The molecule has 1 aromatic rings. The predicted molar refractivity (Wildman–Crippen MR) is 36.0 cm³/mol. The third-order valence-electron chi connectivity index (χ3n) is 1.20. The lowest BCUT2D eigenvalue weighted by Gasteiger charge is -1.93. The van der Waals surface area contributed by atoms with Gasteiger partial charge >= 0.3 is 0 Å². The van der Waals surface area contributed by atoms with Crippen molar-refractivity contribution in [1.29, 1.82) is 0 Å². The molecule has 0 N–H and O–H groups in total. The van der Waals surface area contributed by atoms with E-state index in [2.05, 4.69) is 0 Å². The van der Waals surface area contributed by atoms with Crippen molar-refractivity contribution in [1.82, 2.24) is 0 Å². The fourth-order valence-electron chi connectivity index (χ4n) is 0.933. The minimum Gasteiger partial charge on any atom is -0.290 e. The monoisotopic (exact) mass is 121 g/mol. The summed E-state index contributed by atoms with van der Waals surface area (Å²) in [5.74, 6) is 0.104. The van der Waals surface area contributed by atoms with Crippen LogP contribution in [0.1, 0.15) is 11.1 Å². The highest BCUT2D eigenvalue weighted by atomic mass is 16.3. The highest BCUT2D eigenvalue weighted by molar-refractivity contribution is 5.31. The normalized spacial score (nSPS) is 9.56. The Morgan fingerprint density at radius 2 is 1.44 bits per heavy atom. The van der Waals surface area contributed by atoms with Gasteiger partial charge in [-0.2, -0.15) is 0 Å². The molecule has 0 atom stereocenters. The standard InChI is InChI=1S/C8H9O/c1-6-3-7(2)5-8(9)4-6/h3-5H,1-2H3. The van der Waals surface area contributed by atoms with E-state index in [0.717, 1.165) is 11.1 Å². The molecule has 1 nitrogen and oxygen atoms in total. The predicted octanol–water partition coefficient (Wildman–Crippen LogP) is 2.45. The molecule has 0 amide bonds. The Morgan fingerprint density at radius 3 is 1.78 bits per heavy atom. The van der Waals surface area contributed by atoms with Crippen LogP contribution in [0.5, 0.6) is 5.75 Å². The van der Waals surface area contributed by atoms with Crippen molar-refractivity contribution < 1.29 is 5.11 Å². The average Bonchev–Trinajstić information content (AvgIpc) is 1.59. The van der Waals surface area contributed by atoms with E-state index in [0.29, 0.717) is 0 Å². The summed E-state index contributed by atoms with van der Waals surface area (Å²) >= 11 is 0. The molecular formula is C8H9O. The highest BCUT2D eigenvalue weighted by Gasteiger charge is 1.91. The van der Waals surface area contributed by atoms with E-state index in [1.807, 2.05) is 19.9 Å². The van der Waals surface area contributed by atoms with E-state index in [1.165, 1.54) is 0 Å². The third-order valence-corrected chi connectivity index (χ3v) is 1.20. The molecule has 0 aliphatic rings. The van der Waals surface area contributed by atoms with Gasteiger partial charge in [0.1, 0.15) is 0 Å². The quantitative estimate of drug-likeness (QED) is 0.502. The molecule has 0 aromatic heterocycles. The lowest BCUT2D eigenvalue weighted by atomic mass is 10.1. The van der Waals surface area contributed by atoms with Crippen molar-refractivity contribution in [2.75, 3.05) is 0 Å². The van der Waals surface area contributed by atoms with Crippen molar-refractivity contribution >= 4 is 0 Å².